The highest BCUT2D eigenvalue weighted by atomic mass is 19.4. The molecule has 1 aromatic carbocycles. The van der Waals surface area contributed by atoms with E-state index in [9.17, 15) is 18.0 Å². The number of nitrogens with one attached hydrogen (secondary N) is 1. The Kier molecular flexibility index (Phi) is 7.32. The molecule has 0 radical (unpaired) electrons. The highest BCUT2D eigenvalue weighted by molar-refractivity contribution is 5.77. The molecule has 1 aliphatic rings. The number of rotatable bonds is 7. The predicted octanol–water partition coefficient (Wildman–Crippen LogP) is 4.74. The summed E-state index contributed by atoms with van der Waals surface area (Å²) in [6.07, 6.45) is -1.56. The third kappa shape index (κ3) is 6.23. The molecule has 2 atom stereocenters. The predicted molar refractivity (Wildman–Crippen MR) is 102 cm³/mol. The molecule has 1 heterocycles. The minimum absolute atomic E-state index is 0.126. The van der Waals surface area contributed by atoms with Crippen LogP contribution in [0.15, 0.2) is 30.3 Å². The third-order valence-electron chi connectivity index (χ3n) is 5.66. The fourth-order valence-corrected chi connectivity index (χ4v) is 3.74. The van der Waals surface area contributed by atoms with Gasteiger partial charge in [-0.2, -0.15) is 13.2 Å². The Morgan fingerprint density at radius 3 is 2.52 bits per heavy atom. The summed E-state index contributed by atoms with van der Waals surface area (Å²) in [4.78, 5) is 14.6. The van der Waals surface area contributed by atoms with E-state index in [1.807, 2.05) is 13.8 Å². The van der Waals surface area contributed by atoms with E-state index in [-0.39, 0.29) is 11.1 Å². The highest BCUT2D eigenvalue weighted by Gasteiger charge is 2.42. The van der Waals surface area contributed by atoms with Gasteiger partial charge in [-0.1, -0.05) is 43.7 Å². The molecule has 0 bridgehead atoms. The molecule has 27 heavy (non-hydrogen) atoms. The van der Waals surface area contributed by atoms with Crippen LogP contribution >= 0.6 is 0 Å². The van der Waals surface area contributed by atoms with Gasteiger partial charge in [-0.25, -0.2) is 0 Å². The Labute approximate surface area is 160 Å². The van der Waals surface area contributed by atoms with Crippen LogP contribution in [0.5, 0.6) is 0 Å². The first kappa shape index (κ1) is 21.7. The maximum absolute atomic E-state index is 13.4. The zero-order chi connectivity index (χ0) is 20.1. The molecular formula is C21H31F3N2O. The largest absolute Gasteiger partial charge is 0.396 e. The lowest BCUT2D eigenvalue weighted by Gasteiger charge is -2.43. The van der Waals surface area contributed by atoms with Crippen molar-refractivity contribution in [1.82, 2.24) is 10.2 Å². The molecule has 1 aliphatic heterocycles. The molecule has 1 saturated heterocycles. The average molecular weight is 384 g/mol. The summed E-state index contributed by atoms with van der Waals surface area (Å²) >= 11 is 0. The number of piperidine rings is 1. The van der Waals surface area contributed by atoms with Gasteiger partial charge in [0.05, 0.1) is 5.92 Å². The van der Waals surface area contributed by atoms with Crippen molar-refractivity contribution in [2.24, 2.45) is 5.92 Å². The van der Waals surface area contributed by atoms with Crippen molar-refractivity contribution in [2.75, 3.05) is 19.6 Å². The second-order valence-electron chi connectivity index (χ2n) is 8.16. The van der Waals surface area contributed by atoms with E-state index in [1.54, 1.807) is 18.2 Å². The number of hydrogen-bond donors (Lipinski definition) is 1. The van der Waals surface area contributed by atoms with E-state index in [0.717, 1.165) is 25.9 Å². The molecular weight excluding hydrogens is 353 g/mol. The number of benzene rings is 1. The van der Waals surface area contributed by atoms with E-state index >= 15 is 0 Å². The summed E-state index contributed by atoms with van der Waals surface area (Å²) in [5, 5.41) is 2.74. The van der Waals surface area contributed by atoms with Crippen LogP contribution in [0, 0.1) is 5.92 Å². The van der Waals surface area contributed by atoms with Gasteiger partial charge >= 0.3 is 6.18 Å². The fourth-order valence-electron chi connectivity index (χ4n) is 3.74. The first-order chi connectivity index (χ1) is 12.6. The van der Waals surface area contributed by atoms with Gasteiger partial charge in [0.1, 0.15) is 0 Å². The Balaban J connectivity index is 1.95. The summed E-state index contributed by atoms with van der Waals surface area (Å²) in [5.74, 6) is -1.68. The molecule has 1 amide bonds. The lowest BCUT2D eigenvalue weighted by molar-refractivity contribution is -0.157. The molecule has 3 nitrogen and oxygen atoms in total. The Hall–Kier alpha value is -1.56. The molecule has 0 aromatic heterocycles. The van der Waals surface area contributed by atoms with Gasteiger partial charge in [0, 0.05) is 25.0 Å². The van der Waals surface area contributed by atoms with Crippen LogP contribution in [0.3, 0.4) is 0 Å². The van der Waals surface area contributed by atoms with Crippen LogP contribution in [-0.4, -0.2) is 42.2 Å². The van der Waals surface area contributed by atoms with E-state index in [0.29, 0.717) is 12.5 Å². The molecule has 2 rings (SSSR count). The number of likely N-dealkylation sites (tertiary alicyclic amines) is 1. The maximum atomic E-state index is 13.4. The number of hydrogen-bond acceptors (Lipinski definition) is 2. The van der Waals surface area contributed by atoms with Gasteiger partial charge in [-0.15, -0.1) is 0 Å². The molecule has 1 fully saturated rings. The van der Waals surface area contributed by atoms with E-state index in [2.05, 4.69) is 17.1 Å². The number of carbonyl (C=O) groups excluding carboxylic acids is 1. The van der Waals surface area contributed by atoms with Crippen LogP contribution in [0.25, 0.3) is 0 Å². The molecule has 1 aromatic rings. The van der Waals surface area contributed by atoms with Crippen LogP contribution in [0.1, 0.15) is 57.9 Å². The van der Waals surface area contributed by atoms with Crippen molar-refractivity contribution in [2.45, 2.75) is 64.1 Å². The van der Waals surface area contributed by atoms with Gasteiger partial charge < -0.3 is 5.32 Å². The van der Waals surface area contributed by atoms with Crippen molar-refractivity contribution in [3.8, 4) is 0 Å². The van der Waals surface area contributed by atoms with Crippen molar-refractivity contribution in [3.63, 3.8) is 0 Å². The lowest BCUT2D eigenvalue weighted by Crippen LogP contribution is -2.55. The van der Waals surface area contributed by atoms with Gasteiger partial charge in [0.15, 0.2) is 0 Å². The SMILES string of the molecule is CCC1CCCN(C(C)(C)CNC(=O)CC(c2ccccc2)C(F)(F)F)C1. The second kappa shape index (κ2) is 9.09. The van der Waals surface area contributed by atoms with E-state index in [1.165, 1.54) is 18.6 Å². The van der Waals surface area contributed by atoms with Crippen molar-refractivity contribution in [3.05, 3.63) is 35.9 Å². The number of amides is 1. The number of halogens is 3. The van der Waals surface area contributed by atoms with Gasteiger partial charge in [-0.3, -0.25) is 9.69 Å². The summed E-state index contributed by atoms with van der Waals surface area (Å²) in [6.45, 7) is 8.57. The van der Waals surface area contributed by atoms with Gasteiger partial charge in [-0.05, 0) is 44.7 Å². The topological polar surface area (TPSA) is 32.3 Å². The van der Waals surface area contributed by atoms with Crippen molar-refractivity contribution >= 4 is 5.91 Å². The Morgan fingerprint density at radius 2 is 1.93 bits per heavy atom. The second-order valence-corrected chi connectivity index (χ2v) is 8.16. The smallest absolute Gasteiger partial charge is 0.354 e. The molecule has 6 heteroatoms. The summed E-state index contributed by atoms with van der Waals surface area (Å²) in [5.41, 5.74) is -0.148. The monoisotopic (exact) mass is 384 g/mol. The highest BCUT2D eigenvalue weighted by Crippen LogP contribution is 2.37. The van der Waals surface area contributed by atoms with Crippen LogP contribution < -0.4 is 5.32 Å². The summed E-state index contributed by atoms with van der Waals surface area (Å²) in [6, 6.07) is 7.65. The quantitative estimate of drug-likeness (QED) is 0.736. The standard InChI is InChI=1S/C21H31F3N2O/c1-4-16-9-8-12-26(14-16)20(2,3)15-25-19(27)13-18(21(22,23)24)17-10-6-5-7-11-17/h5-7,10-11,16,18H,4,8-9,12-15H2,1-3H3,(H,25,27). The van der Waals surface area contributed by atoms with Crippen LogP contribution in [0.2, 0.25) is 0 Å². The van der Waals surface area contributed by atoms with Crippen molar-refractivity contribution < 1.29 is 18.0 Å². The number of carbonyl (C=O) groups is 1. The maximum Gasteiger partial charge on any atom is 0.396 e. The third-order valence-corrected chi connectivity index (χ3v) is 5.66. The normalized spacial score (nSPS) is 20.3. The first-order valence-electron chi connectivity index (χ1n) is 9.77. The zero-order valence-corrected chi connectivity index (χ0v) is 16.5. The van der Waals surface area contributed by atoms with Crippen LogP contribution in [0.4, 0.5) is 13.2 Å². The molecule has 152 valence electrons. The summed E-state index contributed by atoms with van der Waals surface area (Å²) < 4.78 is 40.3. The molecule has 0 spiro atoms. The first-order valence-corrected chi connectivity index (χ1v) is 9.77. The average Bonchev–Trinajstić information content (AvgIpc) is 2.64. The van der Waals surface area contributed by atoms with E-state index < -0.39 is 24.4 Å². The Bertz CT molecular complexity index is 601. The van der Waals surface area contributed by atoms with Gasteiger partial charge in [0.2, 0.25) is 5.91 Å². The zero-order valence-electron chi connectivity index (χ0n) is 16.5. The number of alkyl halides is 3. The van der Waals surface area contributed by atoms with Gasteiger partial charge in [0.25, 0.3) is 0 Å². The number of nitrogens with zero attached hydrogens (tertiary/aromatic N) is 1. The Morgan fingerprint density at radius 1 is 1.26 bits per heavy atom. The molecule has 0 saturated carbocycles. The minimum atomic E-state index is -4.45. The molecule has 1 N–H and O–H groups in total. The van der Waals surface area contributed by atoms with E-state index in [4.69, 9.17) is 0 Å². The summed E-state index contributed by atoms with van der Waals surface area (Å²) in [7, 11) is 0. The fraction of sp³-hybridized carbons (Fsp3) is 0.667. The molecule has 0 aliphatic carbocycles. The lowest BCUT2D eigenvalue weighted by atomic mass is 9.90. The molecule has 2 unspecified atom stereocenters. The minimum Gasteiger partial charge on any atom is -0.354 e. The van der Waals surface area contributed by atoms with Crippen molar-refractivity contribution in [1.29, 1.82) is 0 Å². The van der Waals surface area contributed by atoms with Crippen LogP contribution in [-0.2, 0) is 4.79 Å².